The minimum absolute atomic E-state index is 0.308. The number of nitrogens with zero attached hydrogens (tertiary/aromatic N) is 2. The van der Waals surface area contributed by atoms with Crippen molar-refractivity contribution >= 4 is 34.1 Å². The van der Waals surface area contributed by atoms with Gasteiger partial charge in [0.1, 0.15) is 40.7 Å². The van der Waals surface area contributed by atoms with E-state index < -0.39 is 7.26 Å². The molecule has 1 heterocycles. The molecule has 0 atom stereocenters. The van der Waals surface area contributed by atoms with Crippen molar-refractivity contribution in [2.24, 2.45) is 0 Å². The molecule has 4 heteroatoms. The third-order valence-corrected chi connectivity index (χ3v) is 10.2. The third-order valence-electron chi connectivity index (χ3n) is 5.88. The zero-order valence-electron chi connectivity index (χ0n) is 17.8. The lowest BCUT2D eigenvalue weighted by Gasteiger charge is -2.27. The SMILES string of the molecule is Cc1nc(C[P+](c2ccccc2)(c2ccccc2)c2ccccc2)nc2c(F)cccc12. The van der Waals surface area contributed by atoms with Gasteiger partial charge >= 0.3 is 0 Å². The molecule has 0 radical (unpaired) electrons. The normalized spacial score (nSPS) is 11.6. The maximum Gasteiger partial charge on any atom is 0.168 e. The van der Waals surface area contributed by atoms with Gasteiger partial charge in [0.25, 0.3) is 0 Å². The summed E-state index contributed by atoms with van der Waals surface area (Å²) >= 11 is 0. The molecule has 0 saturated heterocycles. The molecule has 1 aromatic heterocycles. The zero-order chi connectivity index (χ0) is 22.0. The van der Waals surface area contributed by atoms with Gasteiger partial charge in [-0.05, 0) is 49.4 Å². The highest BCUT2D eigenvalue weighted by atomic mass is 31.2. The van der Waals surface area contributed by atoms with E-state index in [0.717, 1.165) is 11.1 Å². The summed E-state index contributed by atoms with van der Waals surface area (Å²) in [7, 11) is -2.14. The molecule has 0 spiro atoms. The Morgan fingerprint density at radius 3 is 1.62 bits per heavy atom. The first-order valence-corrected chi connectivity index (χ1v) is 12.6. The second kappa shape index (κ2) is 8.61. The summed E-state index contributed by atoms with van der Waals surface area (Å²) in [6.45, 7) is 1.93. The number of aryl methyl sites for hydroxylation is 1. The second-order valence-corrected chi connectivity index (χ2v) is 11.3. The Morgan fingerprint density at radius 1 is 0.625 bits per heavy atom. The Morgan fingerprint density at radius 2 is 1.12 bits per heavy atom. The summed E-state index contributed by atoms with van der Waals surface area (Å²) in [5.74, 6) is 0.363. The predicted molar refractivity (Wildman–Crippen MR) is 133 cm³/mol. The molecule has 0 aliphatic carbocycles. The van der Waals surface area contributed by atoms with Crippen molar-refractivity contribution in [1.82, 2.24) is 9.97 Å². The van der Waals surface area contributed by atoms with Crippen molar-refractivity contribution < 1.29 is 4.39 Å². The van der Waals surface area contributed by atoms with Crippen molar-refractivity contribution in [3.63, 3.8) is 0 Å². The van der Waals surface area contributed by atoms with Gasteiger partial charge in [0.15, 0.2) is 5.82 Å². The standard InChI is InChI=1S/C28H23FN2P/c1-21-25-18-11-19-26(29)28(25)31-27(30-21)20-32(22-12-5-2-6-13-22,23-14-7-3-8-15-23)24-16-9-4-10-17-24/h2-19H,20H2,1H3/q+1. The van der Waals surface area contributed by atoms with Gasteiger partial charge in [0.2, 0.25) is 0 Å². The van der Waals surface area contributed by atoms with E-state index in [2.05, 4.69) is 72.8 Å². The van der Waals surface area contributed by atoms with E-state index in [9.17, 15) is 4.39 Å². The first-order chi connectivity index (χ1) is 15.7. The molecule has 5 aromatic rings. The van der Waals surface area contributed by atoms with Gasteiger partial charge in [-0.3, -0.25) is 0 Å². The van der Waals surface area contributed by atoms with Crippen LogP contribution < -0.4 is 15.9 Å². The summed E-state index contributed by atoms with van der Waals surface area (Å²) < 4.78 is 14.7. The van der Waals surface area contributed by atoms with Crippen LogP contribution in [0.15, 0.2) is 109 Å². The molecule has 0 unspecified atom stereocenters. The van der Waals surface area contributed by atoms with Crippen LogP contribution in [0.4, 0.5) is 4.39 Å². The topological polar surface area (TPSA) is 25.8 Å². The Balaban J connectivity index is 1.79. The lowest BCUT2D eigenvalue weighted by Crippen LogP contribution is -2.33. The number of aromatic nitrogens is 2. The molecular weight excluding hydrogens is 414 g/mol. The van der Waals surface area contributed by atoms with Crippen LogP contribution in [0.25, 0.3) is 10.9 Å². The van der Waals surface area contributed by atoms with E-state index in [1.165, 1.54) is 22.0 Å². The van der Waals surface area contributed by atoms with Crippen LogP contribution in [-0.4, -0.2) is 9.97 Å². The summed E-state index contributed by atoms with van der Waals surface area (Å²) in [6.07, 6.45) is 0.621. The van der Waals surface area contributed by atoms with Gasteiger partial charge in [0.05, 0.1) is 0 Å². The monoisotopic (exact) mass is 437 g/mol. The molecule has 4 aromatic carbocycles. The van der Waals surface area contributed by atoms with Gasteiger partial charge in [0, 0.05) is 11.1 Å². The maximum absolute atomic E-state index is 14.7. The molecule has 0 aliphatic heterocycles. The Hall–Kier alpha value is -3.42. The molecule has 5 rings (SSSR count). The van der Waals surface area contributed by atoms with Crippen LogP contribution in [-0.2, 0) is 6.16 Å². The number of halogens is 1. The largest absolute Gasteiger partial charge is 0.234 e. The van der Waals surface area contributed by atoms with Crippen molar-refractivity contribution in [3.05, 3.63) is 127 Å². The predicted octanol–water partition coefficient (Wildman–Crippen LogP) is 5.57. The molecule has 0 N–H and O–H groups in total. The molecule has 32 heavy (non-hydrogen) atoms. The minimum atomic E-state index is -2.14. The van der Waals surface area contributed by atoms with Crippen molar-refractivity contribution in [2.45, 2.75) is 13.1 Å². The lowest BCUT2D eigenvalue weighted by molar-refractivity contribution is 0.635. The highest BCUT2D eigenvalue weighted by Crippen LogP contribution is 2.57. The Bertz CT molecular complexity index is 1260. The van der Waals surface area contributed by atoms with E-state index >= 15 is 0 Å². The average Bonchev–Trinajstić information content (AvgIpc) is 2.85. The van der Waals surface area contributed by atoms with Crippen LogP contribution >= 0.6 is 7.26 Å². The van der Waals surface area contributed by atoms with Gasteiger partial charge in [-0.2, -0.15) is 0 Å². The molecule has 0 fully saturated rings. The summed E-state index contributed by atoms with van der Waals surface area (Å²) in [6, 6.07) is 36.9. The van der Waals surface area contributed by atoms with Gasteiger partial charge < -0.3 is 0 Å². The molecule has 156 valence electrons. The van der Waals surface area contributed by atoms with E-state index in [-0.39, 0.29) is 5.82 Å². The fraction of sp³-hybridized carbons (Fsp3) is 0.0714. The van der Waals surface area contributed by atoms with E-state index in [0.29, 0.717) is 17.5 Å². The van der Waals surface area contributed by atoms with Crippen molar-refractivity contribution in [2.75, 3.05) is 0 Å². The number of para-hydroxylation sites is 1. The summed E-state index contributed by atoms with van der Waals surface area (Å²) in [5.41, 5.74) is 1.19. The van der Waals surface area contributed by atoms with E-state index in [1.54, 1.807) is 6.07 Å². The Kier molecular flexibility index (Phi) is 5.51. The average molecular weight is 437 g/mol. The summed E-state index contributed by atoms with van der Waals surface area (Å²) in [5, 5.41) is 4.53. The van der Waals surface area contributed by atoms with E-state index in [4.69, 9.17) is 9.97 Å². The zero-order valence-corrected chi connectivity index (χ0v) is 18.7. The molecule has 0 aliphatic rings. The molecule has 0 bridgehead atoms. The minimum Gasteiger partial charge on any atom is -0.234 e. The highest BCUT2D eigenvalue weighted by Gasteiger charge is 2.46. The molecule has 0 saturated carbocycles. The quantitative estimate of drug-likeness (QED) is 0.336. The van der Waals surface area contributed by atoms with Crippen molar-refractivity contribution in [1.29, 1.82) is 0 Å². The molecule has 2 nitrogen and oxygen atoms in total. The van der Waals surface area contributed by atoms with Gasteiger partial charge in [-0.15, -0.1) is 0 Å². The van der Waals surface area contributed by atoms with Gasteiger partial charge in [-0.25, -0.2) is 14.4 Å². The maximum atomic E-state index is 14.7. The first-order valence-electron chi connectivity index (χ1n) is 10.7. The van der Waals surface area contributed by atoms with Crippen LogP contribution in [0.1, 0.15) is 11.5 Å². The number of fused-ring (bicyclic) bond motifs is 1. The fourth-order valence-electron chi connectivity index (χ4n) is 4.38. The number of rotatable bonds is 5. The number of hydrogen-bond donors (Lipinski definition) is 0. The smallest absolute Gasteiger partial charge is 0.168 e. The van der Waals surface area contributed by atoms with Gasteiger partial charge in [-0.1, -0.05) is 66.7 Å². The Labute approximate surface area is 188 Å². The fourth-order valence-corrected chi connectivity index (χ4v) is 8.43. The molecular formula is C28H23FN2P+. The van der Waals surface area contributed by atoms with Crippen LogP contribution in [0.5, 0.6) is 0 Å². The van der Waals surface area contributed by atoms with Crippen molar-refractivity contribution in [3.8, 4) is 0 Å². The third kappa shape index (κ3) is 3.59. The summed E-state index contributed by atoms with van der Waals surface area (Å²) in [4.78, 5) is 9.59. The lowest BCUT2D eigenvalue weighted by atomic mass is 10.2. The highest BCUT2D eigenvalue weighted by molar-refractivity contribution is 7.95. The number of benzene rings is 4. The second-order valence-electron chi connectivity index (χ2n) is 7.84. The number of hydrogen-bond acceptors (Lipinski definition) is 2. The van der Waals surface area contributed by atoms with Crippen LogP contribution in [0, 0.1) is 12.7 Å². The van der Waals surface area contributed by atoms with Crippen LogP contribution in [0.2, 0.25) is 0 Å². The van der Waals surface area contributed by atoms with Crippen LogP contribution in [0.3, 0.4) is 0 Å². The van der Waals surface area contributed by atoms with E-state index in [1.807, 2.05) is 31.2 Å². The first kappa shape index (κ1) is 20.5. The molecule has 0 amide bonds.